The highest BCUT2D eigenvalue weighted by Crippen LogP contribution is 2.31. The molecule has 0 N–H and O–H groups in total. The van der Waals surface area contributed by atoms with Crippen LogP contribution in [-0.2, 0) is 6.42 Å². The summed E-state index contributed by atoms with van der Waals surface area (Å²) >= 11 is 0. The first-order valence-corrected chi connectivity index (χ1v) is 8.66. The zero-order valence-corrected chi connectivity index (χ0v) is 14.3. The van der Waals surface area contributed by atoms with E-state index < -0.39 is 0 Å². The maximum absolute atomic E-state index is 5.12. The molecule has 128 valence electrons. The summed E-state index contributed by atoms with van der Waals surface area (Å²) in [6.45, 7) is 4.96. The van der Waals surface area contributed by atoms with Gasteiger partial charge in [-0.25, -0.2) is 9.97 Å². The minimum atomic E-state index is 0.382. The van der Waals surface area contributed by atoms with Crippen LogP contribution in [0.3, 0.4) is 0 Å². The molecule has 3 heterocycles. The summed E-state index contributed by atoms with van der Waals surface area (Å²) in [7, 11) is 0. The Labute approximate surface area is 146 Å². The SMILES string of the molecule is Cc1nc(-c2cncnc2C2CCN(CCc3ccccc3)C2)no1. The summed E-state index contributed by atoms with van der Waals surface area (Å²) in [5, 5.41) is 4.03. The molecule has 0 aliphatic carbocycles. The van der Waals surface area contributed by atoms with Gasteiger partial charge in [-0.15, -0.1) is 0 Å². The third-order valence-electron chi connectivity index (χ3n) is 4.73. The third kappa shape index (κ3) is 3.58. The monoisotopic (exact) mass is 335 g/mol. The highest BCUT2D eigenvalue weighted by Gasteiger charge is 2.28. The van der Waals surface area contributed by atoms with Gasteiger partial charge in [0.25, 0.3) is 0 Å². The molecule has 1 aliphatic heterocycles. The Kier molecular flexibility index (Phi) is 4.52. The van der Waals surface area contributed by atoms with Crippen LogP contribution in [0.4, 0.5) is 0 Å². The van der Waals surface area contributed by atoms with E-state index in [2.05, 4.69) is 55.3 Å². The van der Waals surface area contributed by atoms with Crippen LogP contribution in [0.25, 0.3) is 11.4 Å². The Hall–Kier alpha value is -2.60. The Morgan fingerprint density at radius 2 is 2.12 bits per heavy atom. The predicted molar refractivity (Wildman–Crippen MR) is 94.0 cm³/mol. The molecule has 0 amide bonds. The fourth-order valence-electron chi connectivity index (χ4n) is 3.44. The molecule has 1 aliphatic rings. The van der Waals surface area contributed by atoms with E-state index in [1.807, 2.05) is 0 Å². The molecular weight excluding hydrogens is 314 g/mol. The summed E-state index contributed by atoms with van der Waals surface area (Å²) in [6.07, 6.45) is 5.57. The Morgan fingerprint density at radius 1 is 1.24 bits per heavy atom. The van der Waals surface area contributed by atoms with Crippen molar-refractivity contribution in [1.29, 1.82) is 0 Å². The van der Waals surface area contributed by atoms with Crippen LogP contribution in [0, 0.1) is 6.92 Å². The molecular formula is C19H21N5O. The molecule has 1 fully saturated rings. The van der Waals surface area contributed by atoms with E-state index in [9.17, 15) is 0 Å². The minimum Gasteiger partial charge on any atom is -0.339 e. The summed E-state index contributed by atoms with van der Waals surface area (Å²) in [5.41, 5.74) is 3.29. The lowest BCUT2D eigenvalue weighted by molar-refractivity contribution is 0.338. The molecule has 3 aromatic rings. The van der Waals surface area contributed by atoms with Crippen LogP contribution in [0.2, 0.25) is 0 Å². The molecule has 1 unspecified atom stereocenters. The molecule has 1 saturated heterocycles. The lowest BCUT2D eigenvalue weighted by Gasteiger charge is -2.16. The van der Waals surface area contributed by atoms with Crippen LogP contribution >= 0.6 is 0 Å². The lowest BCUT2D eigenvalue weighted by atomic mass is 10.00. The van der Waals surface area contributed by atoms with E-state index in [4.69, 9.17) is 4.52 Å². The normalized spacial score (nSPS) is 17.9. The van der Waals surface area contributed by atoms with Gasteiger partial charge in [0.05, 0.1) is 11.3 Å². The molecule has 0 radical (unpaired) electrons. The van der Waals surface area contributed by atoms with Gasteiger partial charge in [-0.3, -0.25) is 0 Å². The lowest BCUT2D eigenvalue weighted by Crippen LogP contribution is -2.23. The highest BCUT2D eigenvalue weighted by atomic mass is 16.5. The van der Waals surface area contributed by atoms with E-state index >= 15 is 0 Å². The predicted octanol–water partition coefficient (Wildman–Crippen LogP) is 2.87. The Balaban J connectivity index is 1.45. The van der Waals surface area contributed by atoms with E-state index in [-0.39, 0.29) is 0 Å². The average Bonchev–Trinajstić information content (AvgIpc) is 3.30. The first-order chi connectivity index (χ1) is 12.3. The third-order valence-corrected chi connectivity index (χ3v) is 4.73. The molecule has 0 spiro atoms. The Morgan fingerprint density at radius 3 is 2.92 bits per heavy atom. The van der Waals surface area contributed by atoms with E-state index in [1.165, 1.54) is 5.56 Å². The standard InChI is InChI=1S/C19H21N5O/c1-14-22-19(23-25-14)17-11-20-13-21-18(17)16-8-10-24(12-16)9-7-15-5-3-2-4-6-15/h2-6,11,13,16H,7-10,12H2,1H3. The van der Waals surface area contributed by atoms with Crippen LogP contribution < -0.4 is 0 Å². The minimum absolute atomic E-state index is 0.382. The fraction of sp³-hybridized carbons (Fsp3) is 0.368. The number of likely N-dealkylation sites (tertiary alicyclic amines) is 1. The quantitative estimate of drug-likeness (QED) is 0.714. The van der Waals surface area contributed by atoms with Crippen LogP contribution in [-0.4, -0.2) is 44.6 Å². The molecule has 0 bridgehead atoms. The first kappa shape index (κ1) is 15.9. The molecule has 6 heteroatoms. The van der Waals surface area contributed by atoms with Crippen molar-refractivity contribution in [3.63, 3.8) is 0 Å². The van der Waals surface area contributed by atoms with E-state index in [1.54, 1.807) is 19.4 Å². The summed E-state index contributed by atoms with van der Waals surface area (Å²) in [4.78, 5) is 15.5. The second-order valence-corrected chi connectivity index (χ2v) is 6.48. The number of rotatable bonds is 5. The van der Waals surface area contributed by atoms with Gasteiger partial charge in [-0.2, -0.15) is 4.98 Å². The van der Waals surface area contributed by atoms with Gasteiger partial charge < -0.3 is 9.42 Å². The second-order valence-electron chi connectivity index (χ2n) is 6.48. The number of hydrogen-bond acceptors (Lipinski definition) is 6. The van der Waals surface area contributed by atoms with Gasteiger partial charge in [0.15, 0.2) is 0 Å². The molecule has 25 heavy (non-hydrogen) atoms. The first-order valence-electron chi connectivity index (χ1n) is 8.66. The molecule has 4 rings (SSSR count). The van der Waals surface area contributed by atoms with Crippen molar-refractivity contribution < 1.29 is 4.52 Å². The number of aromatic nitrogens is 4. The molecule has 1 atom stereocenters. The van der Waals surface area contributed by atoms with Crippen LogP contribution in [0.15, 0.2) is 47.4 Å². The molecule has 6 nitrogen and oxygen atoms in total. The number of nitrogens with zero attached hydrogens (tertiary/aromatic N) is 5. The topological polar surface area (TPSA) is 67.9 Å². The van der Waals surface area contributed by atoms with Gasteiger partial charge in [0, 0.05) is 32.1 Å². The zero-order chi connectivity index (χ0) is 17.1. The number of aryl methyl sites for hydroxylation is 1. The van der Waals surface area contributed by atoms with Gasteiger partial charge in [-0.05, 0) is 24.9 Å². The molecule has 0 saturated carbocycles. The van der Waals surface area contributed by atoms with Crippen molar-refractivity contribution >= 4 is 0 Å². The second kappa shape index (κ2) is 7.11. The molecule has 2 aromatic heterocycles. The summed E-state index contributed by atoms with van der Waals surface area (Å²) in [5.74, 6) is 1.52. The van der Waals surface area contributed by atoms with E-state index in [0.717, 1.165) is 43.7 Å². The van der Waals surface area contributed by atoms with E-state index in [0.29, 0.717) is 17.6 Å². The zero-order valence-electron chi connectivity index (χ0n) is 14.3. The maximum Gasteiger partial charge on any atom is 0.223 e. The number of benzene rings is 1. The maximum atomic E-state index is 5.12. The fourth-order valence-corrected chi connectivity index (χ4v) is 3.44. The summed E-state index contributed by atoms with van der Waals surface area (Å²) in [6, 6.07) is 10.6. The van der Waals surface area contributed by atoms with Gasteiger partial charge in [-0.1, -0.05) is 35.5 Å². The average molecular weight is 335 g/mol. The van der Waals surface area contributed by atoms with Gasteiger partial charge >= 0.3 is 0 Å². The number of hydrogen-bond donors (Lipinski definition) is 0. The molecule has 1 aromatic carbocycles. The van der Waals surface area contributed by atoms with Crippen molar-refractivity contribution in [2.75, 3.05) is 19.6 Å². The van der Waals surface area contributed by atoms with Gasteiger partial charge in [0.2, 0.25) is 11.7 Å². The van der Waals surface area contributed by atoms with Gasteiger partial charge in [0.1, 0.15) is 6.33 Å². The van der Waals surface area contributed by atoms with Crippen molar-refractivity contribution in [3.05, 3.63) is 60.0 Å². The smallest absolute Gasteiger partial charge is 0.223 e. The van der Waals surface area contributed by atoms with Crippen LogP contribution in [0.1, 0.15) is 29.5 Å². The highest BCUT2D eigenvalue weighted by molar-refractivity contribution is 5.57. The van der Waals surface area contributed by atoms with Crippen molar-refractivity contribution in [2.24, 2.45) is 0 Å². The Bertz CT molecular complexity index is 833. The van der Waals surface area contributed by atoms with Crippen molar-refractivity contribution in [1.82, 2.24) is 25.0 Å². The van der Waals surface area contributed by atoms with Crippen molar-refractivity contribution in [3.8, 4) is 11.4 Å². The van der Waals surface area contributed by atoms with Crippen molar-refractivity contribution in [2.45, 2.75) is 25.7 Å². The van der Waals surface area contributed by atoms with Crippen LogP contribution in [0.5, 0.6) is 0 Å². The summed E-state index contributed by atoms with van der Waals surface area (Å²) < 4.78 is 5.12. The largest absolute Gasteiger partial charge is 0.339 e.